The van der Waals surface area contributed by atoms with E-state index < -0.39 is 12.1 Å². The van der Waals surface area contributed by atoms with Crippen LogP contribution in [0.4, 0.5) is 16.2 Å². The topological polar surface area (TPSA) is 112 Å². The lowest BCUT2D eigenvalue weighted by molar-refractivity contribution is -0.000450. The van der Waals surface area contributed by atoms with E-state index in [1.54, 1.807) is 35.2 Å². The summed E-state index contributed by atoms with van der Waals surface area (Å²) in [6.45, 7) is 7.39. The van der Waals surface area contributed by atoms with Gasteiger partial charge in [0.1, 0.15) is 5.75 Å². The molecule has 0 aromatic heterocycles. The van der Waals surface area contributed by atoms with Crippen LogP contribution in [0.25, 0.3) is 0 Å². The van der Waals surface area contributed by atoms with Crippen molar-refractivity contribution in [1.82, 2.24) is 10.2 Å². The van der Waals surface area contributed by atoms with Crippen molar-refractivity contribution in [1.29, 1.82) is 0 Å². The zero-order valence-electron chi connectivity index (χ0n) is 22.9. The monoisotopic (exact) mass is 526 g/mol. The number of hydrogen-bond acceptors (Lipinski definition) is 6. The standard InChI is InChI=1S/C29H42N4O5/c1-20-18-33(21(2)19-34)28(35)25-16-24(32-29(36)31-23-11-6-5-7-12-23)13-14-26(25)38-22(3)10-8-9-15-37-27(20)17-30-4/h5-7,11-14,16,20-22,27,30,34H,8-10,15,17-19H2,1-4H3,(H2,31,32,36)/t20-,21+,22+,27+/m0/s1. The van der Waals surface area contributed by atoms with E-state index in [0.29, 0.717) is 42.4 Å². The molecule has 2 aromatic rings. The summed E-state index contributed by atoms with van der Waals surface area (Å²) in [5.74, 6) is 0.206. The van der Waals surface area contributed by atoms with E-state index in [0.717, 1.165) is 19.3 Å². The van der Waals surface area contributed by atoms with Crippen molar-refractivity contribution >= 4 is 23.3 Å². The molecule has 4 atom stereocenters. The third-order valence-corrected chi connectivity index (χ3v) is 6.75. The molecule has 0 saturated carbocycles. The minimum absolute atomic E-state index is 0.0181. The zero-order chi connectivity index (χ0) is 27.5. The molecule has 3 rings (SSSR count). The summed E-state index contributed by atoms with van der Waals surface area (Å²) in [7, 11) is 1.89. The highest BCUT2D eigenvalue weighted by Gasteiger charge is 2.29. The SMILES string of the molecule is CNC[C@H]1OCCCC[C@@H](C)Oc2ccc(NC(=O)Nc3ccccc3)cc2C(=O)N([C@H](C)CO)C[C@@H]1C. The molecule has 4 N–H and O–H groups in total. The summed E-state index contributed by atoms with van der Waals surface area (Å²) < 4.78 is 12.4. The average molecular weight is 527 g/mol. The first kappa shape index (κ1) is 29.4. The highest BCUT2D eigenvalue weighted by molar-refractivity contribution is 6.02. The van der Waals surface area contributed by atoms with Crippen molar-refractivity contribution in [2.24, 2.45) is 5.92 Å². The number of nitrogens with zero attached hydrogens (tertiary/aromatic N) is 1. The Morgan fingerprint density at radius 1 is 1.11 bits per heavy atom. The summed E-state index contributed by atoms with van der Waals surface area (Å²) >= 11 is 0. The molecule has 0 unspecified atom stereocenters. The number of nitrogens with one attached hydrogen (secondary N) is 3. The third-order valence-electron chi connectivity index (χ3n) is 6.75. The number of rotatable bonds is 6. The van der Waals surface area contributed by atoms with E-state index in [9.17, 15) is 14.7 Å². The molecular formula is C29H42N4O5. The average Bonchev–Trinajstić information content (AvgIpc) is 2.90. The van der Waals surface area contributed by atoms with Crippen LogP contribution in [0, 0.1) is 5.92 Å². The third kappa shape index (κ3) is 8.44. The molecule has 0 bridgehead atoms. The van der Waals surface area contributed by atoms with Gasteiger partial charge in [-0.2, -0.15) is 0 Å². The number of aliphatic hydroxyl groups is 1. The van der Waals surface area contributed by atoms with Gasteiger partial charge in [0.15, 0.2) is 0 Å². The van der Waals surface area contributed by atoms with Crippen molar-refractivity contribution in [3.63, 3.8) is 0 Å². The Morgan fingerprint density at radius 2 is 1.84 bits per heavy atom. The molecule has 208 valence electrons. The Hall–Kier alpha value is -3.14. The highest BCUT2D eigenvalue weighted by Crippen LogP contribution is 2.28. The Kier molecular flexibility index (Phi) is 11.4. The maximum atomic E-state index is 14.0. The van der Waals surface area contributed by atoms with Crippen molar-refractivity contribution in [2.45, 2.75) is 58.3 Å². The Morgan fingerprint density at radius 3 is 2.55 bits per heavy atom. The number of anilines is 2. The van der Waals surface area contributed by atoms with E-state index in [1.807, 2.05) is 39.1 Å². The van der Waals surface area contributed by atoms with Crippen LogP contribution in [0.3, 0.4) is 0 Å². The van der Waals surface area contributed by atoms with Crippen LogP contribution in [0.1, 0.15) is 50.4 Å². The van der Waals surface area contributed by atoms with E-state index in [4.69, 9.17) is 9.47 Å². The molecule has 1 aliphatic rings. The first-order valence-electron chi connectivity index (χ1n) is 13.4. The Bertz CT molecular complexity index is 1030. The van der Waals surface area contributed by atoms with Gasteiger partial charge in [-0.3, -0.25) is 4.79 Å². The predicted molar refractivity (Wildman–Crippen MR) is 150 cm³/mol. The molecule has 1 aliphatic heterocycles. The molecule has 9 heteroatoms. The van der Waals surface area contributed by atoms with Gasteiger partial charge in [0.25, 0.3) is 5.91 Å². The number of aliphatic hydroxyl groups excluding tert-OH is 1. The second-order valence-corrected chi connectivity index (χ2v) is 10.0. The van der Waals surface area contributed by atoms with Crippen LogP contribution in [0.2, 0.25) is 0 Å². The normalized spacial score (nSPS) is 22.0. The Labute approximate surface area is 225 Å². The lowest BCUT2D eigenvalue weighted by Crippen LogP contribution is -2.47. The maximum Gasteiger partial charge on any atom is 0.323 e. The summed E-state index contributed by atoms with van der Waals surface area (Å²) in [4.78, 5) is 28.3. The number of fused-ring (bicyclic) bond motifs is 1. The number of hydrogen-bond donors (Lipinski definition) is 4. The molecule has 0 saturated heterocycles. The maximum absolute atomic E-state index is 14.0. The fraction of sp³-hybridized carbons (Fsp3) is 0.517. The van der Waals surface area contributed by atoms with Gasteiger partial charge in [-0.25, -0.2) is 4.79 Å². The van der Waals surface area contributed by atoms with Crippen LogP contribution in [-0.4, -0.2) is 73.5 Å². The number of urea groups is 1. The summed E-state index contributed by atoms with van der Waals surface area (Å²) in [5.41, 5.74) is 1.46. The van der Waals surface area contributed by atoms with E-state index >= 15 is 0 Å². The van der Waals surface area contributed by atoms with Crippen molar-refractivity contribution in [3.05, 3.63) is 54.1 Å². The predicted octanol–water partition coefficient (Wildman–Crippen LogP) is 4.35. The van der Waals surface area contributed by atoms with E-state index in [2.05, 4.69) is 22.9 Å². The number of para-hydroxylation sites is 1. The smallest absolute Gasteiger partial charge is 0.323 e. The van der Waals surface area contributed by atoms with Crippen molar-refractivity contribution < 1.29 is 24.2 Å². The first-order chi connectivity index (χ1) is 18.3. The molecular weight excluding hydrogens is 484 g/mol. The van der Waals surface area contributed by atoms with E-state index in [-0.39, 0.29) is 30.6 Å². The number of amides is 3. The summed E-state index contributed by atoms with van der Waals surface area (Å²) in [6, 6.07) is 13.4. The fourth-order valence-corrected chi connectivity index (χ4v) is 4.51. The minimum atomic E-state index is -0.420. The molecule has 0 radical (unpaired) electrons. The second kappa shape index (κ2) is 14.7. The van der Waals surface area contributed by atoms with Gasteiger partial charge in [0, 0.05) is 37.0 Å². The molecule has 1 heterocycles. The highest BCUT2D eigenvalue weighted by atomic mass is 16.5. The fourth-order valence-electron chi connectivity index (χ4n) is 4.51. The van der Waals surface area contributed by atoms with Crippen molar-refractivity contribution in [2.75, 3.05) is 44.0 Å². The lowest BCUT2D eigenvalue weighted by Gasteiger charge is -2.34. The number of carbonyl (C=O) groups is 2. The van der Waals surface area contributed by atoms with Crippen LogP contribution in [0.5, 0.6) is 5.75 Å². The number of likely N-dealkylation sites (N-methyl/N-ethyl adjacent to an activating group) is 1. The first-order valence-corrected chi connectivity index (χ1v) is 13.4. The summed E-state index contributed by atoms with van der Waals surface area (Å²) in [6.07, 6.45) is 2.49. The molecule has 38 heavy (non-hydrogen) atoms. The van der Waals surface area contributed by atoms with Crippen LogP contribution >= 0.6 is 0 Å². The zero-order valence-corrected chi connectivity index (χ0v) is 22.9. The van der Waals surface area contributed by atoms with Gasteiger partial charge in [-0.1, -0.05) is 25.1 Å². The number of benzene rings is 2. The molecule has 2 aromatic carbocycles. The summed E-state index contributed by atoms with van der Waals surface area (Å²) in [5, 5.41) is 18.8. The van der Waals surface area contributed by atoms with Gasteiger partial charge in [-0.05, 0) is 70.5 Å². The molecule has 0 aliphatic carbocycles. The minimum Gasteiger partial charge on any atom is -0.490 e. The van der Waals surface area contributed by atoms with Gasteiger partial charge < -0.3 is 35.4 Å². The van der Waals surface area contributed by atoms with Crippen molar-refractivity contribution in [3.8, 4) is 5.75 Å². The molecule has 0 spiro atoms. The van der Waals surface area contributed by atoms with Gasteiger partial charge >= 0.3 is 6.03 Å². The largest absolute Gasteiger partial charge is 0.490 e. The second-order valence-electron chi connectivity index (χ2n) is 10.0. The molecule has 9 nitrogen and oxygen atoms in total. The van der Waals surface area contributed by atoms with Gasteiger partial charge in [0.05, 0.1) is 30.4 Å². The number of ether oxygens (including phenoxy) is 2. The van der Waals surface area contributed by atoms with Gasteiger partial charge in [0.2, 0.25) is 0 Å². The van der Waals surface area contributed by atoms with Crippen LogP contribution in [0.15, 0.2) is 48.5 Å². The quantitative estimate of drug-likeness (QED) is 0.445. The van der Waals surface area contributed by atoms with Gasteiger partial charge in [-0.15, -0.1) is 0 Å². The Balaban J connectivity index is 1.93. The van der Waals surface area contributed by atoms with Crippen LogP contribution in [-0.2, 0) is 4.74 Å². The molecule has 3 amide bonds. The molecule has 0 fully saturated rings. The number of carbonyl (C=O) groups excluding carboxylic acids is 2. The van der Waals surface area contributed by atoms with Crippen LogP contribution < -0.4 is 20.7 Å². The van der Waals surface area contributed by atoms with E-state index in [1.165, 1.54) is 0 Å². The lowest BCUT2D eigenvalue weighted by atomic mass is 10.0.